The second-order valence-electron chi connectivity index (χ2n) is 3.78. The molecule has 0 aliphatic rings. The molecule has 1 unspecified atom stereocenters. The standard InChI is InChI=1S/C11H15N5S/c1-8-5-3-4-6-9(8)10(7-12)17-11-13-14-15-16(11)2/h3-6,10H,7,12H2,1-2H3. The maximum Gasteiger partial charge on any atom is 0.209 e. The molecule has 0 amide bonds. The average Bonchev–Trinajstić information content (AvgIpc) is 2.73. The molecule has 0 aliphatic carbocycles. The van der Waals surface area contributed by atoms with Gasteiger partial charge in [-0.2, -0.15) is 0 Å². The summed E-state index contributed by atoms with van der Waals surface area (Å²) in [6, 6.07) is 8.25. The monoisotopic (exact) mass is 249 g/mol. The van der Waals surface area contributed by atoms with Crippen molar-refractivity contribution in [2.45, 2.75) is 17.3 Å². The summed E-state index contributed by atoms with van der Waals surface area (Å²) in [5, 5.41) is 12.4. The van der Waals surface area contributed by atoms with E-state index in [2.05, 4.69) is 34.6 Å². The highest BCUT2D eigenvalue weighted by Gasteiger charge is 2.16. The third kappa shape index (κ3) is 2.65. The fourth-order valence-corrected chi connectivity index (χ4v) is 2.65. The van der Waals surface area contributed by atoms with Gasteiger partial charge in [0.15, 0.2) is 0 Å². The number of tetrazole rings is 1. The number of rotatable bonds is 4. The zero-order chi connectivity index (χ0) is 12.3. The predicted octanol–water partition coefficient (Wildman–Crippen LogP) is 1.31. The number of hydrogen-bond acceptors (Lipinski definition) is 5. The lowest BCUT2D eigenvalue weighted by Crippen LogP contribution is -2.11. The summed E-state index contributed by atoms with van der Waals surface area (Å²) in [5.74, 6) is 0. The summed E-state index contributed by atoms with van der Waals surface area (Å²) in [5.41, 5.74) is 8.32. The van der Waals surface area contributed by atoms with Gasteiger partial charge in [0.25, 0.3) is 0 Å². The van der Waals surface area contributed by atoms with Crippen LogP contribution in [-0.4, -0.2) is 26.8 Å². The van der Waals surface area contributed by atoms with Crippen molar-refractivity contribution in [3.05, 3.63) is 35.4 Å². The molecule has 6 heteroatoms. The van der Waals surface area contributed by atoms with Crippen LogP contribution in [0.1, 0.15) is 16.4 Å². The van der Waals surface area contributed by atoms with Gasteiger partial charge in [0.2, 0.25) is 5.16 Å². The van der Waals surface area contributed by atoms with Crippen molar-refractivity contribution in [2.75, 3.05) is 6.54 Å². The van der Waals surface area contributed by atoms with Gasteiger partial charge in [0, 0.05) is 18.8 Å². The van der Waals surface area contributed by atoms with Crippen molar-refractivity contribution < 1.29 is 0 Å². The Hall–Kier alpha value is -1.40. The summed E-state index contributed by atoms with van der Waals surface area (Å²) in [7, 11) is 1.83. The third-order valence-corrected chi connectivity index (χ3v) is 3.87. The molecule has 5 nitrogen and oxygen atoms in total. The number of hydrogen-bond donors (Lipinski definition) is 1. The zero-order valence-electron chi connectivity index (χ0n) is 9.87. The maximum absolute atomic E-state index is 5.84. The van der Waals surface area contributed by atoms with Crippen LogP contribution < -0.4 is 5.73 Å². The van der Waals surface area contributed by atoms with E-state index in [9.17, 15) is 0 Å². The number of aryl methyl sites for hydroxylation is 2. The van der Waals surface area contributed by atoms with Gasteiger partial charge in [0.05, 0.1) is 0 Å². The molecule has 1 atom stereocenters. The van der Waals surface area contributed by atoms with Crippen molar-refractivity contribution in [2.24, 2.45) is 12.8 Å². The second-order valence-corrected chi connectivity index (χ2v) is 4.95. The highest BCUT2D eigenvalue weighted by atomic mass is 32.2. The molecule has 0 radical (unpaired) electrons. The molecule has 0 fully saturated rings. The lowest BCUT2D eigenvalue weighted by molar-refractivity contribution is 0.663. The van der Waals surface area contributed by atoms with Crippen LogP contribution >= 0.6 is 11.8 Å². The van der Waals surface area contributed by atoms with Gasteiger partial charge < -0.3 is 5.73 Å². The van der Waals surface area contributed by atoms with E-state index in [1.165, 1.54) is 11.1 Å². The van der Waals surface area contributed by atoms with Crippen LogP contribution in [0.2, 0.25) is 0 Å². The van der Waals surface area contributed by atoms with Gasteiger partial charge in [0.1, 0.15) is 0 Å². The van der Waals surface area contributed by atoms with E-state index in [0.717, 1.165) is 5.16 Å². The summed E-state index contributed by atoms with van der Waals surface area (Å²) >= 11 is 1.59. The van der Waals surface area contributed by atoms with Crippen molar-refractivity contribution in [3.8, 4) is 0 Å². The van der Waals surface area contributed by atoms with Crippen LogP contribution in [0, 0.1) is 6.92 Å². The normalized spacial score (nSPS) is 12.6. The van der Waals surface area contributed by atoms with Crippen LogP contribution in [-0.2, 0) is 7.05 Å². The molecule has 0 bridgehead atoms. The van der Waals surface area contributed by atoms with Crippen molar-refractivity contribution >= 4 is 11.8 Å². The molecule has 90 valence electrons. The first-order chi connectivity index (χ1) is 8.22. The molecule has 2 aromatic rings. The Bertz CT molecular complexity index is 496. The van der Waals surface area contributed by atoms with Crippen LogP contribution in [0.3, 0.4) is 0 Å². The maximum atomic E-state index is 5.84. The van der Waals surface area contributed by atoms with Crippen LogP contribution in [0.25, 0.3) is 0 Å². The molecule has 2 rings (SSSR count). The SMILES string of the molecule is Cc1ccccc1C(CN)Sc1nnnn1C. The first-order valence-electron chi connectivity index (χ1n) is 5.37. The van der Waals surface area contributed by atoms with Gasteiger partial charge in [-0.05, 0) is 28.5 Å². The summed E-state index contributed by atoms with van der Waals surface area (Å²) in [6.45, 7) is 2.65. The Labute approximate surface area is 104 Å². The van der Waals surface area contributed by atoms with Gasteiger partial charge in [-0.1, -0.05) is 36.0 Å². The Balaban J connectivity index is 2.23. The molecule has 1 heterocycles. The summed E-state index contributed by atoms with van der Waals surface area (Å²) in [6.07, 6.45) is 0. The molecule has 0 spiro atoms. The molecule has 2 N–H and O–H groups in total. The first-order valence-corrected chi connectivity index (χ1v) is 6.25. The van der Waals surface area contributed by atoms with Crippen LogP contribution in [0.5, 0.6) is 0 Å². The number of benzene rings is 1. The minimum absolute atomic E-state index is 0.181. The molecule has 0 saturated carbocycles. The van der Waals surface area contributed by atoms with E-state index in [4.69, 9.17) is 5.73 Å². The minimum atomic E-state index is 0.181. The van der Waals surface area contributed by atoms with Crippen LogP contribution in [0.4, 0.5) is 0 Å². The molecular formula is C11H15N5S. The highest BCUT2D eigenvalue weighted by molar-refractivity contribution is 7.99. The van der Waals surface area contributed by atoms with E-state index in [0.29, 0.717) is 6.54 Å². The fraction of sp³-hybridized carbons (Fsp3) is 0.364. The molecule has 17 heavy (non-hydrogen) atoms. The first kappa shape index (κ1) is 12.1. The predicted molar refractivity (Wildman–Crippen MR) is 67.6 cm³/mol. The molecule has 1 aromatic heterocycles. The van der Waals surface area contributed by atoms with E-state index in [1.54, 1.807) is 16.4 Å². The molecule has 0 aliphatic heterocycles. The third-order valence-electron chi connectivity index (χ3n) is 2.58. The Morgan fingerprint density at radius 3 is 2.76 bits per heavy atom. The average molecular weight is 249 g/mol. The number of thioether (sulfide) groups is 1. The molecule has 0 saturated heterocycles. The van der Waals surface area contributed by atoms with Gasteiger partial charge in [-0.3, -0.25) is 0 Å². The van der Waals surface area contributed by atoms with Gasteiger partial charge in [-0.15, -0.1) is 5.10 Å². The quantitative estimate of drug-likeness (QED) is 0.827. The Morgan fingerprint density at radius 1 is 1.41 bits per heavy atom. The summed E-state index contributed by atoms with van der Waals surface area (Å²) < 4.78 is 1.66. The van der Waals surface area contributed by atoms with Crippen molar-refractivity contribution in [1.82, 2.24) is 20.2 Å². The van der Waals surface area contributed by atoms with E-state index in [-0.39, 0.29) is 5.25 Å². The van der Waals surface area contributed by atoms with Crippen molar-refractivity contribution in [3.63, 3.8) is 0 Å². The lowest BCUT2D eigenvalue weighted by Gasteiger charge is -2.15. The molecular weight excluding hydrogens is 234 g/mol. The van der Waals surface area contributed by atoms with E-state index < -0.39 is 0 Å². The second kappa shape index (κ2) is 5.29. The Kier molecular flexibility index (Phi) is 3.75. The van der Waals surface area contributed by atoms with Crippen LogP contribution in [0.15, 0.2) is 29.4 Å². The summed E-state index contributed by atoms with van der Waals surface area (Å²) in [4.78, 5) is 0. The smallest absolute Gasteiger partial charge is 0.209 e. The van der Waals surface area contributed by atoms with E-state index in [1.807, 2.05) is 19.2 Å². The largest absolute Gasteiger partial charge is 0.329 e. The number of nitrogens with zero attached hydrogens (tertiary/aromatic N) is 4. The Morgan fingerprint density at radius 2 is 2.18 bits per heavy atom. The number of nitrogens with two attached hydrogens (primary N) is 1. The zero-order valence-corrected chi connectivity index (χ0v) is 10.7. The highest BCUT2D eigenvalue weighted by Crippen LogP contribution is 2.33. The number of aromatic nitrogens is 4. The van der Waals surface area contributed by atoms with Gasteiger partial charge >= 0.3 is 0 Å². The minimum Gasteiger partial charge on any atom is -0.329 e. The topological polar surface area (TPSA) is 69.6 Å². The van der Waals surface area contributed by atoms with Crippen molar-refractivity contribution in [1.29, 1.82) is 0 Å². The lowest BCUT2D eigenvalue weighted by atomic mass is 10.1. The van der Waals surface area contributed by atoms with E-state index >= 15 is 0 Å². The fourth-order valence-electron chi connectivity index (χ4n) is 1.63. The molecule has 1 aromatic carbocycles. The van der Waals surface area contributed by atoms with Gasteiger partial charge in [-0.25, -0.2) is 4.68 Å².